The Morgan fingerprint density at radius 3 is 2.57 bits per heavy atom. The number of alkyl halides is 3. The first-order valence-corrected chi connectivity index (χ1v) is 6.31. The van der Waals surface area contributed by atoms with Crippen molar-refractivity contribution in [3.63, 3.8) is 0 Å². The normalized spacial score (nSPS) is 11.7. The van der Waals surface area contributed by atoms with Gasteiger partial charge in [0.15, 0.2) is 0 Å². The SMILES string of the molecule is CC(C)c1cc(=O)[nH]c(Nc2cccc(C(F)(F)F)c2)n1. The van der Waals surface area contributed by atoms with Crippen LogP contribution in [-0.2, 0) is 6.18 Å². The molecule has 1 aromatic carbocycles. The molecule has 1 heterocycles. The highest BCUT2D eigenvalue weighted by Gasteiger charge is 2.30. The fourth-order valence-corrected chi connectivity index (χ4v) is 1.74. The van der Waals surface area contributed by atoms with E-state index in [1.807, 2.05) is 13.8 Å². The molecule has 1 aromatic heterocycles. The van der Waals surface area contributed by atoms with Gasteiger partial charge in [0, 0.05) is 11.8 Å². The van der Waals surface area contributed by atoms with Crippen molar-refractivity contribution in [2.24, 2.45) is 0 Å². The van der Waals surface area contributed by atoms with Crippen LogP contribution >= 0.6 is 0 Å². The van der Waals surface area contributed by atoms with Gasteiger partial charge in [-0.15, -0.1) is 0 Å². The van der Waals surface area contributed by atoms with Crippen molar-refractivity contribution in [2.75, 3.05) is 5.32 Å². The Morgan fingerprint density at radius 2 is 1.95 bits per heavy atom. The smallest absolute Gasteiger partial charge is 0.326 e. The monoisotopic (exact) mass is 297 g/mol. The molecule has 112 valence electrons. The molecule has 0 aliphatic carbocycles. The summed E-state index contributed by atoms with van der Waals surface area (Å²) in [7, 11) is 0. The summed E-state index contributed by atoms with van der Waals surface area (Å²) in [6, 6.07) is 6.06. The summed E-state index contributed by atoms with van der Waals surface area (Å²) in [5.41, 5.74) is -0.361. The second-order valence-electron chi connectivity index (χ2n) is 4.88. The van der Waals surface area contributed by atoms with Crippen LogP contribution < -0.4 is 10.9 Å². The van der Waals surface area contributed by atoms with E-state index in [4.69, 9.17) is 0 Å². The first-order chi connectivity index (χ1) is 9.75. The van der Waals surface area contributed by atoms with Crippen LogP contribution in [0.4, 0.5) is 24.8 Å². The summed E-state index contributed by atoms with van der Waals surface area (Å²) in [5, 5.41) is 2.69. The molecular formula is C14H14F3N3O. The van der Waals surface area contributed by atoms with Gasteiger partial charge in [-0.05, 0) is 24.1 Å². The third kappa shape index (κ3) is 3.84. The first kappa shape index (κ1) is 15.1. The van der Waals surface area contributed by atoms with Crippen molar-refractivity contribution < 1.29 is 13.2 Å². The van der Waals surface area contributed by atoms with Gasteiger partial charge in [0.25, 0.3) is 5.56 Å². The highest BCUT2D eigenvalue weighted by molar-refractivity contribution is 5.54. The predicted octanol–water partition coefficient (Wildman–Crippen LogP) is 3.66. The molecular weight excluding hydrogens is 283 g/mol. The number of aromatic amines is 1. The van der Waals surface area contributed by atoms with Crippen molar-refractivity contribution in [3.05, 3.63) is 51.9 Å². The van der Waals surface area contributed by atoms with E-state index < -0.39 is 11.7 Å². The summed E-state index contributed by atoms with van der Waals surface area (Å²) in [6.45, 7) is 3.74. The Hall–Kier alpha value is -2.31. The molecule has 0 amide bonds. The molecule has 2 rings (SSSR count). The van der Waals surface area contributed by atoms with E-state index in [0.717, 1.165) is 12.1 Å². The van der Waals surface area contributed by atoms with Gasteiger partial charge in [-0.25, -0.2) is 4.98 Å². The Labute approximate surface area is 119 Å². The number of nitrogens with zero attached hydrogens (tertiary/aromatic N) is 1. The fourth-order valence-electron chi connectivity index (χ4n) is 1.74. The maximum atomic E-state index is 12.6. The molecule has 0 unspecified atom stereocenters. The zero-order valence-corrected chi connectivity index (χ0v) is 11.5. The highest BCUT2D eigenvalue weighted by Crippen LogP contribution is 2.31. The summed E-state index contributed by atoms with van der Waals surface area (Å²) >= 11 is 0. The third-order valence-electron chi connectivity index (χ3n) is 2.81. The lowest BCUT2D eigenvalue weighted by Gasteiger charge is -2.11. The number of rotatable bonds is 3. The topological polar surface area (TPSA) is 57.8 Å². The lowest BCUT2D eigenvalue weighted by Crippen LogP contribution is -2.13. The number of halogens is 3. The second kappa shape index (κ2) is 5.59. The molecule has 2 aromatic rings. The van der Waals surface area contributed by atoms with Gasteiger partial charge in [-0.1, -0.05) is 19.9 Å². The van der Waals surface area contributed by atoms with E-state index in [0.29, 0.717) is 5.69 Å². The van der Waals surface area contributed by atoms with E-state index in [1.54, 1.807) is 0 Å². The fraction of sp³-hybridized carbons (Fsp3) is 0.286. The van der Waals surface area contributed by atoms with Crippen molar-refractivity contribution in [2.45, 2.75) is 25.9 Å². The highest BCUT2D eigenvalue weighted by atomic mass is 19.4. The Kier molecular flexibility index (Phi) is 4.02. The van der Waals surface area contributed by atoms with Gasteiger partial charge in [0.05, 0.1) is 11.3 Å². The van der Waals surface area contributed by atoms with Crippen molar-refractivity contribution in [1.82, 2.24) is 9.97 Å². The molecule has 7 heteroatoms. The number of H-pyrrole nitrogens is 1. The molecule has 0 atom stereocenters. The van der Waals surface area contributed by atoms with Crippen LogP contribution in [0.1, 0.15) is 31.0 Å². The van der Waals surface area contributed by atoms with E-state index in [9.17, 15) is 18.0 Å². The number of aromatic nitrogens is 2. The molecule has 2 N–H and O–H groups in total. The van der Waals surface area contributed by atoms with Crippen LogP contribution in [0.25, 0.3) is 0 Å². The number of nitrogens with one attached hydrogen (secondary N) is 2. The molecule has 0 spiro atoms. The molecule has 0 radical (unpaired) electrons. The van der Waals surface area contributed by atoms with Crippen LogP contribution in [0, 0.1) is 0 Å². The number of benzene rings is 1. The van der Waals surface area contributed by atoms with E-state index >= 15 is 0 Å². The molecule has 0 fully saturated rings. The number of anilines is 2. The average molecular weight is 297 g/mol. The minimum absolute atomic E-state index is 0.0364. The van der Waals surface area contributed by atoms with Gasteiger partial charge in [0.2, 0.25) is 5.95 Å². The van der Waals surface area contributed by atoms with Crippen LogP contribution in [0.5, 0.6) is 0 Å². The molecule has 0 saturated heterocycles. The Bertz CT molecular complexity index is 692. The lowest BCUT2D eigenvalue weighted by molar-refractivity contribution is -0.137. The predicted molar refractivity (Wildman–Crippen MR) is 73.7 cm³/mol. The Balaban J connectivity index is 2.32. The van der Waals surface area contributed by atoms with Gasteiger partial charge in [-0.3, -0.25) is 9.78 Å². The lowest BCUT2D eigenvalue weighted by atomic mass is 10.1. The standard InChI is InChI=1S/C14H14F3N3O/c1-8(2)11-7-12(21)20-13(19-11)18-10-5-3-4-9(6-10)14(15,16)17/h3-8H,1-2H3,(H2,18,19,20,21). The summed E-state index contributed by atoms with van der Waals surface area (Å²) < 4.78 is 37.9. The van der Waals surface area contributed by atoms with Gasteiger partial charge in [-0.2, -0.15) is 13.2 Å². The molecule has 0 saturated carbocycles. The summed E-state index contributed by atoms with van der Waals surface area (Å²) in [4.78, 5) is 18.1. The van der Waals surface area contributed by atoms with Crippen LogP contribution in [0.2, 0.25) is 0 Å². The number of hydrogen-bond acceptors (Lipinski definition) is 3. The molecule has 0 aliphatic rings. The van der Waals surface area contributed by atoms with E-state index in [2.05, 4.69) is 15.3 Å². The quantitative estimate of drug-likeness (QED) is 0.909. The largest absolute Gasteiger partial charge is 0.416 e. The molecule has 0 bridgehead atoms. The van der Waals surface area contributed by atoms with E-state index in [1.165, 1.54) is 18.2 Å². The van der Waals surface area contributed by atoms with Crippen LogP contribution in [0.15, 0.2) is 35.1 Å². The molecule has 0 aliphatic heterocycles. The number of hydrogen-bond donors (Lipinski definition) is 2. The summed E-state index contributed by atoms with van der Waals surface area (Å²) in [6.07, 6.45) is -4.42. The average Bonchev–Trinajstić information content (AvgIpc) is 2.37. The molecule has 21 heavy (non-hydrogen) atoms. The van der Waals surface area contributed by atoms with Gasteiger partial charge in [0.1, 0.15) is 0 Å². The zero-order valence-electron chi connectivity index (χ0n) is 11.5. The second-order valence-corrected chi connectivity index (χ2v) is 4.88. The Morgan fingerprint density at radius 1 is 1.24 bits per heavy atom. The van der Waals surface area contributed by atoms with Gasteiger partial charge >= 0.3 is 6.18 Å². The third-order valence-corrected chi connectivity index (χ3v) is 2.81. The maximum Gasteiger partial charge on any atom is 0.416 e. The summed E-state index contributed by atoms with van der Waals surface area (Å²) in [5.74, 6) is 0.153. The first-order valence-electron chi connectivity index (χ1n) is 6.31. The maximum absolute atomic E-state index is 12.6. The van der Waals surface area contributed by atoms with E-state index in [-0.39, 0.29) is 23.1 Å². The van der Waals surface area contributed by atoms with Gasteiger partial charge < -0.3 is 5.32 Å². The zero-order chi connectivity index (χ0) is 15.6. The molecule has 4 nitrogen and oxygen atoms in total. The van der Waals surface area contributed by atoms with Crippen LogP contribution in [-0.4, -0.2) is 9.97 Å². The van der Waals surface area contributed by atoms with Crippen LogP contribution in [0.3, 0.4) is 0 Å². The minimum Gasteiger partial charge on any atom is -0.326 e. The van der Waals surface area contributed by atoms with Crippen molar-refractivity contribution in [3.8, 4) is 0 Å². The van der Waals surface area contributed by atoms with Crippen molar-refractivity contribution >= 4 is 11.6 Å². The minimum atomic E-state index is -4.42. The van der Waals surface area contributed by atoms with Crippen molar-refractivity contribution in [1.29, 1.82) is 0 Å².